The molecule has 7 heteroatoms. The van der Waals surface area contributed by atoms with Crippen molar-refractivity contribution in [2.75, 3.05) is 11.6 Å². The van der Waals surface area contributed by atoms with Gasteiger partial charge in [-0.2, -0.15) is 0 Å². The lowest BCUT2D eigenvalue weighted by atomic mass is 10.1. The molecule has 1 amide bonds. The molecule has 0 fully saturated rings. The van der Waals surface area contributed by atoms with E-state index in [0.717, 1.165) is 0 Å². The Morgan fingerprint density at radius 2 is 1.78 bits per heavy atom. The molecule has 0 saturated carbocycles. The number of aliphatic hydroxyl groups is 4. The van der Waals surface area contributed by atoms with E-state index in [1.165, 1.54) is 0 Å². The van der Waals surface area contributed by atoms with Crippen LogP contribution in [-0.2, 0) is 4.79 Å². The molecule has 0 aromatic heterocycles. The van der Waals surface area contributed by atoms with Crippen LogP contribution in [0.2, 0.25) is 0 Å². The van der Waals surface area contributed by atoms with Crippen molar-refractivity contribution in [2.24, 2.45) is 5.84 Å². The fraction of sp³-hybridized carbons (Fsp3) is 0.364. The van der Waals surface area contributed by atoms with Gasteiger partial charge in [0.25, 0.3) is 5.91 Å². The second kappa shape index (κ2) is 6.43. The van der Waals surface area contributed by atoms with Crippen molar-refractivity contribution in [1.82, 2.24) is 0 Å². The van der Waals surface area contributed by atoms with E-state index < -0.39 is 30.8 Å². The Hall–Kier alpha value is -1.51. The molecular formula is C11H16N2O5. The quantitative estimate of drug-likeness (QED) is 0.235. The van der Waals surface area contributed by atoms with Crippen LogP contribution < -0.4 is 10.9 Å². The largest absolute Gasteiger partial charge is 0.394 e. The monoisotopic (exact) mass is 256 g/mol. The zero-order valence-corrected chi connectivity index (χ0v) is 9.55. The molecule has 0 radical (unpaired) electrons. The molecule has 0 aliphatic carbocycles. The average molecular weight is 256 g/mol. The van der Waals surface area contributed by atoms with E-state index in [9.17, 15) is 15.0 Å². The Labute approximate surface area is 104 Å². The predicted molar refractivity (Wildman–Crippen MR) is 63.2 cm³/mol. The summed E-state index contributed by atoms with van der Waals surface area (Å²) in [6, 6.07) is 8.10. The molecule has 0 unspecified atom stereocenters. The van der Waals surface area contributed by atoms with Gasteiger partial charge in [0.1, 0.15) is 12.2 Å². The molecule has 0 saturated heterocycles. The maximum Gasteiger partial charge on any atom is 0.272 e. The highest BCUT2D eigenvalue weighted by atomic mass is 16.4. The van der Waals surface area contributed by atoms with Gasteiger partial charge in [0.15, 0.2) is 6.10 Å². The number of benzene rings is 1. The van der Waals surface area contributed by atoms with Crippen molar-refractivity contribution in [3.05, 3.63) is 30.3 Å². The van der Waals surface area contributed by atoms with Crippen LogP contribution in [0.15, 0.2) is 30.3 Å². The van der Waals surface area contributed by atoms with Gasteiger partial charge in [-0.05, 0) is 12.1 Å². The van der Waals surface area contributed by atoms with Crippen LogP contribution in [0.4, 0.5) is 5.69 Å². The van der Waals surface area contributed by atoms with E-state index in [2.05, 4.69) is 0 Å². The molecule has 6 N–H and O–H groups in total. The highest BCUT2D eigenvalue weighted by Crippen LogP contribution is 2.12. The molecule has 1 aromatic rings. The zero-order valence-electron chi connectivity index (χ0n) is 9.55. The molecule has 100 valence electrons. The molecule has 7 nitrogen and oxygen atoms in total. The molecular weight excluding hydrogens is 240 g/mol. The lowest BCUT2D eigenvalue weighted by Crippen LogP contribution is -2.52. The smallest absolute Gasteiger partial charge is 0.272 e. The van der Waals surface area contributed by atoms with Crippen LogP contribution in [0.1, 0.15) is 0 Å². The number of nitrogens with zero attached hydrogens (tertiary/aromatic N) is 1. The summed E-state index contributed by atoms with van der Waals surface area (Å²) < 4.78 is 0. The van der Waals surface area contributed by atoms with Gasteiger partial charge in [-0.25, -0.2) is 10.9 Å². The summed E-state index contributed by atoms with van der Waals surface area (Å²) in [5.74, 6) is 4.50. The summed E-state index contributed by atoms with van der Waals surface area (Å²) in [7, 11) is 0. The van der Waals surface area contributed by atoms with Crippen LogP contribution in [0.25, 0.3) is 0 Å². The minimum Gasteiger partial charge on any atom is -0.394 e. The fourth-order valence-corrected chi connectivity index (χ4v) is 1.32. The Morgan fingerprint density at radius 1 is 1.22 bits per heavy atom. The summed E-state index contributed by atoms with van der Waals surface area (Å²) in [4.78, 5) is 11.7. The number of carbonyl (C=O) groups is 1. The SMILES string of the molecule is NN(C(=O)[C@H](O)[C@H](O)[C@H](O)CO)c1ccccc1. The van der Waals surface area contributed by atoms with Gasteiger partial charge in [0, 0.05) is 0 Å². The summed E-state index contributed by atoms with van der Waals surface area (Å²) in [6.07, 6.45) is -5.34. The molecule has 0 heterocycles. The van der Waals surface area contributed by atoms with E-state index in [4.69, 9.17) is 16.1 Å². The van der Waals surface area contributed by atoms with Crippen molar-refractivity contribution >= 4 is 11.6 Å². The van der Waals surface area contributed by atoms with Crippen molar-refractivity contribution in [1.29, 1.82) is 0 Å². The number of anilines is 1. The standard InChI is InChI=1S/C11H16N2O5/c12-13(7-4-2-1-3-5-7)11(18)10(17)9(16)8(15)6-14/h1-5,8-10,14-17H,6,12H2/t8-,9-,10-/m1/s1. The summed E-state index contributed by atoms with van der Waals surface area (Å²) >= 11 is 0. The highest BCUT2D eigenvalue weighted by Gasteiger charge is 2.32. The first kappa shape index (κ1) is 14.6. The number of carbonyl (C=O) groups excluding carboxylic acids is 1. The second-order valence-electron chi connectivity index (χ2n) is 3.73. The normalized spacial score (nSPS) is 15.8. The third-order valence-electron chi connectivity index (χ3n) is 2.43. The van der Waals surface area contributed by atoms with E-state index >= 15 is 0 Å². The Bertz CT molecular complexity index is 386. The number of hydrogen-bond acceptors (Lipinski definition) is 6. The van der Waals surface area contributed by atoms with Gasteiger partial charge < -0.3 is 20.4 Å². The van der Waals surface area contributed by atoms with Crippen LogP contribution in [-0.4, -0.2) is 51.3 Å². The zero-order chi connectivity index (χ0) is 13.7. The van der Waals surface area contributed by atoms with Crippen molar-refractivity contribution in [3.63, 3.8) is 0 Å². The van der Waals surface area contributed by atoms with Gasteiger partial charge >= 0.3 is 0 Å². The third kappa shape index (κ3) is 3.25. The van der Waals surface area contributed by atoms with Crippen LogP contribution in [0.5, 0.6) is 0 Å². The molecule has 0 spiro atoms. The number of hydrazine groups is 1. The van der Waals surface area contributed by atoms with Crippen molar-refractivity contribution in [2.45, 2.75) is 18.3 Å². The molecule has 0 aliphatic rings. The average Bonchev–Trinajstić information content (AvgIpc) is 2.44. The highest BCUT2D eigenvalue weighted by molar-refractivity contribution is 5.95. The number of rotatable bonds is 5. The summed E-state index contributed by atoms with van der Waals surface area (Å²) in [5.41, 5.74) is 0.326. The lowest BCUT2D eigenvalue weighted by molar-refractivity contribution is -0.139. The molecule has 1 rings (SSSR count). The van der Waals surface area contributed by atoms with E-state index in [1.54, 1.807) is 30.3 Å². The predicted octanol–water partition coefficient (Wildman–Crippen LogP) is -2.03. The first-order valence-corrected chi connectivity index (χ1v) is 5.27. The molecule has 1 aromatic carbocycles. The van der Waals surface area contributed by atoms with Gasteiger partial charge in [0.2, 0.25) is 0 Å². The Morgan fingerprint density at radius 3 is 2.28 bits per heavy atom. The maximum atomic E-state index is 11.7. The van der Waals surface area contributed by atoms with Gasteiger partial charge in [0.05, 0.1) is 12.3 Å². The van der Waals surface area contributed by atoms with Crippen LogP contribution in [0, 0.1) is 0 Å². The Balaban J connectivity index is 2.75. The number of aliphatic hydroxyl groups excluding tert-OH is 4. The first-order valence-electron chi connectivity index (χ1n) is 5.27. The van der Waals surface area contributed by atoms with E-state index in [0.29, 0.717) is 10.7 Å². The lowest BCUT2D eigenvalue weighted by Gasteiger charge is -2.25. The van der Waals surface area contributed by atoms with Crippen molar-refractivity contribution < 1.29 is 25.2 Å². The van der Waals surface area contributed by atoms with E-state index in [1.807, 2.05) is 0 Å². The number of amides is 1. The third-order valence-corrected chi connectivity index (χ3v) is 2.43. The Kier molecular flexibility index (Phi) is 5.20. The molecule has 0 bridgehead atoms. The summed E-state index contributed by atoms with van der Waals surface area (Å²) in [6.45, 7) is -0.776. The minimum atomic E-state index is -1.92. The van der Waals surface area contributed by atoms with Gasteiger partial charge in [-0.3, -0.25) is 4.79 Å². The number of nitrogens with two attached hydrogens (primary N) is 1. The summed E-state index contributed by atoms with van der Waals surface area (Å²) in [5, 5.41) is 37.3. The number of para-hydroxylation sites is 1. The topological polar surface area (TPSA) is 127 Å². The van der Waals surface area contributed by atoms with Crippen LogP contribution in [0.3, 0.4) is 0 Å². The van der Waals surface area contributed by atoms with Crippen LogP contribution >= 0.6 is 0 Å². The number of hydrogen-bond donors (Lipinski definition) is 5. The molecule has 0 aliphatic heterocycles. The second-order valence-corrected chi connectivity index (χ2v) is 3.73. The molecule has 18 heavy (non-hydrogen) atoms. The first-order chi connectivity index (χ1) is 8.49. The van der Waals surface area contributed by atoms with Gasteiger partial charge in [-0.15, -0.1) is 0 Å². The van der Waals surface area contributed by atoms with Gasteiger partial charge in [-0.1, -0.05) is 18.2 Å². The maximum absolute atomic E-state index is 11.7. The fourth-order valence-electron chi connectivity index (χ4n) is 1.32. The minimum absolute atomic E-state index is 0.326. The van der Waals surface area contributed by atoms with Crippen molar-refractivity contribution in [3.8, 4) is 0 Å². The van der Waals surface area contributed by atoms with E-state index in [-0.39, 0.29) is 0 Å². The molecule has 3 atom stereocenters.